The first kappa shape index (κ1) is 12.3. The van der Waals surface area contributed by atoms with Crippen molar-refractivity contribution in [2.75, 3.05) is 39.3 Å². The summed E-state index contributed by atoms with van der Waals surface area (Å²) in [6, 6.07) is 0. The Morgan fingerprint density at radius 2 is 1.62 bits per heavy atom. The largest absolute Gasteiger partial charge is 0.392 e. The zero-order valence-corrected chi connectivity index (χ0v) is 10.6. The van der Waals surface area contributed by atoms with E-state index in [9.17, 15) is 5.11 Å². The molecule has 3 heteroatoms. The maximum Gasteiger partial charge on any atom is 0.0639 e. The van der Waals surface area contributed by atoms with E-state index in [1.165, 1.54) is 45.3 Å². The minimum Gasteiger partial charge on any atom is -0.392 e. The molecule has 1 atom stereocenters. The summed E-state index contributed by atoms with van der Waals surface area (Å²) in [5, 5.41) is 9.35. The van der Waals surface area contributed by atoms with Gasteiger partial charge in [-0.25, -0.2) is 0 Å². The van der Waals surface area contributed by atoms with Crippen LogP contribution >= 0.6 is 0 Å². The number of hydrogen-bond donors (Lipinski definition) is 1. The van der Waals surface area contributed by atoms with Crippen LogP contribution in [-0.4, -0.2) is 60.3 Å². The van der Waals surface area contributed by atoms with E-state index in [4.69, 9.17) is 0 Å². The molecule has 1 N–H and O–H groups in total. The van der Waals surface area contributed by atoms with E-state index in [2.05, 4.69) is 9.80 Å². The SMILES string of the molecule is C[C@H](O)CN1CCN(CC2CCCC2)CC1. The molecule has 1 saturated heterocycles. The van der Waals surface area contributed by atoms with Crippen LogP contribution in [-0.2, 0) is 0 Å². The first-order chi connectivity index (χ1) is 7.74. The topological polar surface area (TPSA) is 26.7 Å². The van der Waals surface area contributed by atoms with Gasteiger partial charge in [0.1, 0.15) is 0 Å². The average Bonchev–Trinajstić information content (AvgIpc) is 2.73. The van der Waals surface area contributed by atoms with Crippen LogP contribution in [0.1, 0.15) is 32.6 Å². The van der Waals surface area contributed by atoms with Gasteiger partial charge in [-0.15, -0.1) is 0 Å². The van der Waals surface area contributed by atoms with E-state index < -0.39 is 0 Å². The predicted octanol–water partition coefficient (Wildman–Crippen LogP) is 1.17. The number of aliphatic hydroxyl groups is 1. The minimum atomic E-state index is -0.179. The van der Waals surface area contributed by atoms with Crippen LogP contribution in [0.5, 0.6) is 0 Å². The van der Waals surface area contributed by atoms with Gasteiger partial charge in [0.25, 0.3) is 0 Å². The van der Waals surface area contributed by atoms with Crippen molar-refractivity contribution in [3.63, 3.8) is 0 Å². The second kappa shape index (κ2) is 5.99. The van der Waals surface area contributed by atoms with Crippen molar-refractivity contribution in [2.24, 2.45) is 5.92 Å². The van der Waals surface area contributed by atoms with Crippen molar-refractivity contribution in [2.45, 2.75) is 38.7 Å². The summed E-state index contributed by atoms with van der Waals surface area (Å²) in [5.41, 5.74) is 0. The normalized spacial score (nSPS) is 27.4. The van der Waals surface area contributed by atoms with E-state index >= 15 is 0 Å². The molecule has 1 aliphatic heterocycles. The lowest BCUT2D eigenvalue weighted by Crippen LogP contribution is -2.49. The monoisotopic (exact) mass is 226 g/mol. The van der Waals surface area contributed by atoms with Gasteiger partial charge in [0.05, 0.1) is 6.10 Å². The molecular formula is C13H26N2O. The molecule has 3 nitrogen and oxygen atoms in total. The van der Waals surface area contributed by atoms with Crippen molar-refractivity contribution in [1.82, 2.24) is 9.80 Å². The lowest BCUT2D eigenvalue weighted by molar-refractivity contribution is 0.0747. The molecule has 1 heterocycles. The number of nitrogens with zero attached hydrogens (tertiary/aromatic N) is 2. The van der Waals surface area contributed by atoms with Crippen LogP contribution < -0.4 is 0 Å². The Morgan fingerprint density at radius 1 is 1.06 bits per heavy atom. The minimum absolute atomic E-state index is 0.179. The molecule has 16 heavy (non-hydrogen) atoms. The van der Waals surface area contributed by atoms with Crippen molar-refractivity contribution in [3.05, 3.63) is 0 Å². The molecule has 1 aliphatic carbocycles. The molecule has 0 spiro atoms. The van der Waals surface area contributed by atoms with Crippen LogP contribution in [0.2, 0.25) is 0 Å². The highest BCUT2D eigenvalue weighted by Gasteiger charge is 2.22. The van der Waals surface area contributed by atoms with E-state index in [0.717, 1.165) is 25.6 Å². The number of aliphatic hydroxyl groups excluding tert-OH is 1. The van der Waals surface area contributed by atoms with Gasteiger partial charge in [-0.2, -0.15) is 0 Å². The Morgan fingerprint density at radius 3 is 2.19 bits per heavy atom. The van der Waals surface area contributed by atoms with Crippen LogP contribution in [0.15, 0.2) is 0 Å². The van der Waals surface area contributed by atoms with E-state index in [-0.39, 0.29) is 6.10 Å². The van der Waals surface area contributed by atoms with Gasteiger partial charge in [-0.3, -0.25) is 4.90 Å². The van der Waals surface area contributed by atoms with Gasteiger partial charge in [0.2, 0.25) is 0 Å². The van der Waals surface area contributed by atoms with Gasteiger partial charge < -0.3 is 10.0 Å². The fraction of sp³-hybridized carbons (Fsp3) is 1.00. The smallest absolute Gasteiger partial charge is 0.0639 e. The standard InChI is InChI=1S/C13H26N2O/c1-12(16)10-14-6-8-15(9-7-14)11-13-4-2-3-5-13/h12-13,16H,2-11H2,1H3/t12-/m0/s1. The van der Waals surface area contributed by atoms with Gasteiger partial charge in [-0.05, 0) is 25.7 Å². The molecule has 0 radical (unpaired) electrons. The number of hydrogen-bond acceptors (Lipinski definition) is 3. The second-order valence-corrected chi connectivity index (χ2v) is 5.60. The highest BCUT2D eigenvalue weighted by atomic mass is 16.3. The fourth-order valence-corrected chi connectivity index (χ4v) is 3.09. The quantitative estimate of drug-likeness (QED) is 0.779. The number of piperazine rings is 1. The van der Waals surface area contributed by atoms with Gasteiger partial charge >= 0.3 is 0 Å². The third-order valence-electron chi connectivity index (χ3n) is 3.98. The van der Waals surface area contributed by atoms with Gasteiger partial charge in [-0.1, -0.05) is 12.8 Å². The molecule has 2 fully saturated rings. The summed E-state index contributed by atoms with van der Waals surface area (Å²) in [4.78, 5) is 5.00. The molecule has 2 rings (SSSR count). The Labute approximate surface area is 99.4 Å². The zero-order chi connectivity index (χ0) is 11.4. The van der Waals surface area contributed by atoms with E-state index in [1.807, 2.05) is 6.92 Å². The van der Waals surface area contributed by atoms with Crippen LogP contribution in [0.4, 0.5) is 0 Å². The lowest BCUT2D eigenvalue weighted by atomic mass is 10.1. The lowest BCUT2D eigenvalue weighted by Gasteiger charge is -2.36. The molecular weight excluding hydrogens is 200 g/mol. The maximum atomic E-state index is 9.35. The number of rotatable bonds is 4. The molecule has 0 aromatic carbocycles. The average molecular weight is 226 g/mol. The summed E-state index contributed by atoms with van der Waals surface area (Å²) < 4.78 is 0. The summed E-state index contributed by atoms with van der Waals surface area (Å²) in [6.07, 6.45) is 5.63. The Kier molecular flexibility index (Phi) is 4.62. The van der Waals surface area contributed by atoms with Gasteiger partial charge in [0.15, 0.2) is 0 Å². The van der Waals surface area contributed by atoms with Crippen molar-refractivity contribution < 1.29 is 5.11 Å². The molecule has 0 aromatic rings. The molecule has 1 saturated carbocycles. The molecule has 0 aromatic heterocycles. The van der Waals surface area contributed by atoms with Crippen LogP contribution in [0.3, 0.4) is 0 Å². The van der Waals surface area contributed by atoms with Crippen molar-refractivity contribution in [3.8, 4) is 0 Å². The molecule has 94 valence electrons. The molecule has 0 bridgehead atoms. The first-order valence-corrected chi connectivity index (χ1v) is 6.87. The van der Waals surface area contributed by atoms with E-state index in [0.29, 0.717) is 0 Å². The highest BCUT2D eigenvalue weighted by Crippen LogP contribution is 2.25. The first-order valence-electron chi connectivity index (χ1n) is 6.87. The Bertz CT molecular complexity index is 194. The van der Waals surface area contributed by atoms with E-state index in [1.54, 1.807) is 0 Å². The third kappa shape index (κ3) is 3.72. The predicted molar refractivity (Wildman–Crippen MR) is 66.5 cm³/mol. The fourth-order valence-electron chi connectivity index (χ4n) is 3.09. The third-order valence-corrected chi connectivity index (χ3v) is 3.98. The highest BCUT2D eigenvalue weighted by molar-refractivity contribution is 4.77. The van der Waals surface area contributed by atoms with Crippen molar-refractivity contribution in [1.29, 1.82) is 0 Å². The van der Waals surface area contributed by atoms with Crippen LogP contribution in [0.25, 0.3) is 0 Å². The zero-order valence-electron chi connectivity index (χ0n) is 10.6. The summed E-state index contributed by atoms with van der Waals surface area (Å²) in [7, 11) is 0. The van der Waals surface area contributed by atoms with Crippen molar-refractivity contribution >= 4 is 0 Å². The molecule has 0 unspecified atom stereocenters. The Balaban J connectivity index is 1.64. The molecule has 0 amide bonds. The Hall–Kier alpha value is -0.120. The maximum absolute atomic E-state index is 9.35. The molecule has 2 aliphatic rings. The van der Waals surface area contributed by atoms with Crippen LogP contribution in [0, 0.1) is 5.92 Å². The number of β-amino-alcohol motifs (C(OH)–C–C–N with tert-alkyl or cyclic N) is 1. The van der Waals surface area contributed by atoms with Gasteiger partial charge in [0, 0.05) is 39.3 Å². The second-order valence-electron chi connectivity index (χ2n) is 5.60. The summed E-state index contributed by atoms with van der Waals surface area (Å²) >= 11 is 0. The summed E-state index contributed by atoms with van der Waals surface area (Å²) in [5.74, 6) is 0.975. The summed E-state index contributed by atoms with van der Waals surface area (Å²) in [6.45, 7) is 8.71.